The van der Waals surface area contributed by atoms with Gasteiger partial charge in [0.1, 0.15) is 12.4 Å². The molecular weight excluding hydrogens is 371 g/mol. The molecule has 144 valence electrons. The molecule has 1 saturated heterocycles. The fourth-order valence-electron chi connectivity index (χ4n) is 2.80. The molecule has 8 heteroatoms. The Morgan fingerprint density at radius 2 is 1.67 bits per heavy atom. The maximum Gasteiger partial charge on any atom is 0.264 e. The minimum Gasteiger partial charge on any atom is -0.378 e. The van der Waals surface area contributed by atoms with Crippen molar-refractivity contribution in [2.75, 3.05) is 37.2 Å². The second-order valence-corrected chi connectivity index (χ2v) is 8.16. The number of sulfonamides is 1. The Morgan fingerprint density at radius 3 is 2.26 bits per heavy atom. The third-order valence-corrected chi connectivity index (χ3v) is 6.15. The van der Waals surface area contributed by atoms with E-state index in [0.717, 1.165) is 22.0 Å². The van der Waals surface area contributed by atoms with Gasteiger partial charge < -0.3 is 9.64 Å². The van der Waals surface area contributed by atoms with Crippen LogP contribution < -0.4 is 4.31 Å². The van der Waals surface area contributed by atoms with E-state index >= 15 is 0 Å². The van der Waals surface area contributed by atoms with Crippen LogP contribution in [0, 0.1) is 12.7 Å². The summed E-state index contributed by atoms with van der Waals surface area (Å²) < 4.78 is 45.8. The normalized spacial score (nSPS) is 14.8. The lowest BCUT2D eigenvalue weighted by molar-refractivity contribution is -0.133. The molecule has 0 saturated carbocycles. The third kappa shape index (κ3) is 4.45. The summed E-state index contributed by atoms with van der Waals surface area (Å²) in [4.78, 5) is 14.2. The highest BCUT2D eigenvalue weighted by molar-refractivity contribution is 7.92. The molecule has 27 heavy (non-hydrogen) atoms. The number of hydrogen-bond acceptors (Lipinski definition) is 4. The van der Waals surface area contributed by atoms with E-state index in [0.29, 0.717) is 32.0 Å². The van der Waals surface area contributed by atoms with Crippen LogP contribution in [-0.2, 0) is 19.6 Å². The lowest BCUT2D eigenvalue weighted by Crippen LogP contribution is -2.47. The van der Waals surface area contributed by atoms with Gasteiger partial charge in [-0.25, -0.2) is 12.8 Å². The van der Waals surface area contributed by atoms with Gasteiger partial charge in [-0.2, -0.15) is 0 Å². The average molecular weight is 392 g/mol. The predicted molar refractivity (Wildman–Crippen MR) is 99.5 cm³/mol. The molecule has 2 aromatic rings. The minimum atomic E-state index is -4.03. The van der Waals surface area contributed by atoms with Gasteiger partial charge in [0.25, 0.3) is 10.0 Å². The molecule has 2 aromatic carbocycles. The fraction of sp³-hybridized carbons (Fsp3) is 0.316. The summed E-state index contributed by atoms with van der Waals surface area (Å²) in [5, 5.41) is 0. The molecule has 1 aliphatic rings. The van der Waals surface area contributed by atoms with Crippen LogP contribution in [0.15, 0.2) is 53.4 Å². The van der Waals surface area contributed by atoms with Crippen molar-refractivity contribution in [3.63, 3.8) is 0 Å². The van der Waals surface area contributed by atoms with Crippen molar-refractivity contribution in [2.45, 2.75) is 11.8 Å². The maximum absolute atomic E-state index is 13.2. The summed E-state index contributed by atoms with van der Waals surface area (Å²) in [6.45, 7) is 3.28. The van der Waals surface area contributed by atoms with E-state index in [4.69, 9.17) is 4.74 Å². The summed E-state index contributed by atoms with van der Waals surface area (Å²) in [6.07, 6.45) is 0. The van der Waals surface area contributed by atoms with Crippen molar-refractivity contribution in [1.29, 1.82) is 0 Å². The SMILES string of the molecule is Cc1ccc(N(CC(=O)N2CCOCC2)S(=O)(=O)c2ccc(F)cc2)cc1. The van der Waals surface area contributed by atoms with Gasteiger partial charge in [-0.05, 0) is 43.3 Å². The molecule has 0 unspecified atom stereocenters. The van der Waals surface area contributed by atoms with Crippen molar-refractivity contribution >= 4 is 21.6 Å². The molecule has 1 fully saturated rings. The van der Waals surface area contributed by atoms with E-state index < -0.39 is 15.8 Å². The number of amides is 1. The van der Waals surface area contributed by atoms with E-state index in [-0.39, 0.29) is 17.3 Å². The number of anilines is 1. The number of carbonyl (C=O) groups excluding carboxylic acids is 1. The number of morpholine rings is 1. The fourth-order valence-corrected chi connectivity index (χ4v) is 4.21. The van der Waals surface area contributed by atoms with Gasteiger partial charge in [0.2, 0.25) is 5.91 Å². The largest absolute Gasteiger partial charge is 0.378 e. The highest BCUT2D eigenvalue weighted by Crippen LogP contribution is 2.24. The van der Waals surface area contributed by atoms with Crippen LogP contribution >= 0.6 is 0 Å². The molecule has 6 nitrogen and oxygen atoms in total. The second kappa shape index (κ2) is 8.06. The van der Waals surface area contributed by atoms with E-state index in [1.165, 1.54) is 12.1 Å². The summed E-state index contributed by atoms with van der Waals surface area (Å²) in [5.74, 6) is -0.829. The molecule has 0 N–H and O–H groups in total. The summed E-state index contributed by atoms with van der Waals surface area (Å²) in [5.41, 5.74) is 1.35. The zero-order valence-corrected chi connectivity index (χ0v) is 15.8. The Bertz CT molecular complexity index is 892. The Hall–Kier alpha value is -2.45. The molecule has 1 amide bonds. The molecule has 1 heterocycles. The van der Waals surface area contributed by atoms with Crippen molar-refractivity contribution in [1.82, 2.24) is 4.90 Å². The standard InChI is InChI=1S/C19H21FN2O4S/c1-15-2-6-17(7-3-15)22(14-19(23)21-10-12-26-13-11-21)27(24,25)18-8-4-16(20)5-9-18/h2-9H,10-14H2,1H3. The average Bonchev–Trinajstić information content (AvgIpc) is 2.68. The number of nitrogens with zero attached hydrogens (tertiary/aromatic N) is 2. The lowest BCUT2D eigenvalue weighted by atomic mass is 10.2. The predicted octanol–water partition coefficient (Wildman–Crippen LogP) is 2.19. The van der Waals surface area contributed by atoms with Crippen molar-refractivity contribution in [3.8, 4) is 0 Å². The first kappa shape index (κ1) is 19.3. The zero-order chi connectivity index (χ0) is 19.4. The number of carbonyl (C=O) groups is 1. The number of rotatable bonds is 5. The first-order chi connectivity index (χ1) is 12.9. The molecule has 0 bridgehead atoms. The van der Waals surface area contributed by atoms with Crippen LogP contribution in [-0.4, -0.2) is 52.1 Å². The quantitative estimate of drug-likeness (QED) is 0.782. The molecule has 0 spiro atoms. The monoisotopic (exact) mass is 392 g/mol. The van der Waals surface area contributed by atoms with Crippen LogP contribution in [0.1, 0.15) is 5.56 Å². The first-order valence-corrected chi connectivity index (χ1v) is 10.0. The van der Waals surface area contributed by atoms with Gasteiger partial charge in [-0.15, -0.1) is 0 Å². The summed E-state index contributed by atoms with van der Waals surface area (Å²) in [6, 6.07) is 11.4. The lowest BCUT2D eigenvalue weighted by Gasteiger charge is -2.30. The van der Waals surface area contributed by atoms with E-state index in [9.17, 15) is 17.6 Å². The van der Waals surface area contributed by atoms with Crippen LogP contribution in [0.4, 0.5) is 10.1 Å². The third-order valence-electron chi connectivity index (χ3n) is 4.37. The molecule has 0 aromatic heterocycles. The molecular formula is C19H21FN2O4S. The van der Waals surface area contributed by atoms with Gasteiger partial charge in [0, 0.05) is 13.1 Å². The van der Waals surface area contributed by atoms with Crippen molar-refractivity contribution < 1.29 is 22.3 Å². The highest BCUT2D eigenvalue weighted by atomic mass is 32.2. The first-order valence-electron chi connectivity index (χ1n) is 8.58. The second-order valence-electron chi connectivity index (χ2n) is 6.29. The van der Waals surface area contributed by atoms with Crippen molar-refractivity contribution in [3.05, 3.63) is 59.9 Å². The highest BCUT2D eigenvalue weighted by Gasteiger charge is 2.29. The molecule has 0 atom stereocenters. The summed E-state index contributed by atoms with van der Waals surface area (Å²) in [7, 11) is -4.03. The van der Waals surface area contributed by atoms with E-state index in [2.05, 4.69) is 0 Å². The van der Waals surface area contributed by atoms with Crippen LogP contribution in [0.5, 0.6) is 0 Å². The maximum atomic E-state index is 13.2. The molecule has 1 aliphatic heterocycles. The van der Waals surface area contributed by atoms with E-state index in [1.807, 2.05) is 6.92 Å². The number of benzene rings is 2. The van der Waals surface area contributed by atoms with E-state index in [1.54, 1.807) is 29.2 Å². The van der Waals surface area contributed by atoms with Crippen LogP contribution in [0.3, 0.4) is 0 Å². The number of aryl methyl sites for hydroxylation is 1. The topological polar surface area (TPSA) is 66.9 Å². The zero-order valence-electron chi connectivity index (χ0n) is 15.0. The molecule has 3 rings (SSSR count). The van der Waals surface area contributed by atoms with Crippen LogP contribution in [0.2, 0.25) is 0 Å². The Kier molecular flexibility index (Phi) is 5.76. The Morgan fingerprint density at radius 1 is 1.07 bits per heavy atom. The molecule has 0 radical (unpaired) electrons. The Balaban J connectivity index is 1.95. The number of ether oxygens (including phenoxy) is 1. The Labute approximate surface area is 158 Å². The summed E-state index contributed by atoms with van der Waals surface area (Å²) >= 11 is 0. The van der Waals surface area contributed by atoms with Gasteiger partial charge in [0.05, 0.1) is 23.8 Å². The van der Waals surface area contributed by atoms with Gasteiger partial charge >= 0.3 is 0 Å². The smallest absolute Gasteiger partial charge is 0.264 e. The van der Waals surface area contributed by atoms with Gasteiger partial charge in [-0.1, -0.05) is 17.7 Å². The molecule has 0 aliphatic carbocycles. The van der Waals surface area contributed by atoms with Gasteiger partial charge in [-0.3, -0.25) is 9.10 Å². The number of halogens is 1. The van der Waals surface area contributed by atoms with Gasteiger partial charge in [0.15, 0.2) is 0 Å². The minimum absolute atomic E-state index is 0.0701. The van der Waals surface area contributed by atoms with Crippen LogP contribution in [0.25, 0.3) is 0 Å². The van der Waals surface area contributed by atoms with Crippen molar-refractivity contribution in [2.24, 2.45) is 0 Å². The number of hydrogen-bond donors (Lipinski definition) is 0.